The number of ether oxygens (including phenoxy) is 2. The van der Waals surface area contributed by atoms with Crippen LogP contribution in [0.25, 0.3) is 0 Å². The SMILES string of the molecule is CCOc1ccc(NC(=O)CN(C)C(C)C(=O)NC(=O)NC2CC2)cc1OCC. The highest BCUT2D eigenvalue weighted by atomic mass is 16.5. The van der Waals surface area contributed by atoms with E-state index in [1.165, 1.54) is 0 Å². The lowest BCUT2D eigenvalue weighted by atomic mass is 10.2. The van der Waals surface area contributed by atoms with Gasteiger partial charge in [-0.2, -0.15) is 0 Å². The van der Waals surface area contributed by atoms with E-state index in [4.69, 9.17) is 9.47 Å². The van der Waals surface area contributed by atoms with Gasteiger partial charge in [0.2, 0.25) is 11.8 Å². The average molecular weight is 406 g/mol. The van der Waals surface area contributed by atoms with Crippen molar-refractivity contribution in [2.24, 2.45) is 0 Å². The number of nitrogens with one attached hydrogen (secondary N) is 3. The second-order valence-corrected chi connectivity index (χ2v) is 6.90. The van der Waals surface area contributed by atoms with E-state index in [1.54, 1.807) is 37.1 Å². The fourth-order valence-corrected chi connectivity index (χ4v) is 2.56. The molecule has 1 fully saturated rings. The molecule has 0 aliphatic heterocycles. The number of likely N-dealkylation sites (N-methyl/N-ethyl adjacent to an activating group) is 1. The van der Waals surface area contributed by atoms with Crippen molar-refractivity contribution in [1.82, 2.24) is 15.5 Å². The van der Waals surface area contributed by atoms with Crippen LogP contribution in [-0.4, -0.2) is 61.6 Å². The Balaban J connectivity index is 1.87. The van der Waals surface area contributed by atoms with Crippen molar-refractivity contribution < 1.29 is 23.9 Å². The molecule has 1 unspecified atom stereocenters. The Morgan fingerprint density at radius 2 is 1.79 bits per heavy atom. The molecular weight excluding hydrogens is 376 g/mol. The van der Waals surface area contributed by atoms with Crippen molar-refractivity contribution in [3.8, 4) is 11.5 Å². The number of rotatable bonds is 10. The van der Waals surface area contributed by atoms with E-state index < -0.39 is 18.0 Å². The fourth-order valence-electron chi connectivity index (χ4n) is 2.56. The predicted molar refractivity (Wildman–Crippen MR) is 109 cm³/mol. The Hall–Kier alpha value is -2.81. The van der Waals surface area contributed by atoms with Gasteiger partial charge in [0.15, 0.2) is 11.5 Å². The highest BCUT2D eigenvalue weighted by Crippen LogP contribution is 2.30. The molecule has 4 amide bonds. The van der Waals surface area contributed by atoms with E-state index in [1.807, 2.05) is 13.8 Å². The second kappa shape index (κ2) is 10.7. The van der Waals surface area contributed by atoms with E-state index in [9.17, 15) is 14.4 Å². The molecule has 0 heterocycles. The summed E-state index contributed by atoms with van der Waals surface area (Å²) < 4.78 is 11.1. The fraction of sp³-hybridized carbons (Fsp3) is 0.550. The summed E-state index contributed by atoms with van der Waals surface area (Å²) in [6.07, 6.45) is 1.88. The zero-order chi connectivity index (χ0) is 21.4. The zero-order valence-electron chi connectivity index (χ0n) is 17.4. The second-order valence-electron chi connectivity index (χ2n) is 6.90. The summed E-state index contributed by atoms with van der Waals surface area (Å²) >= 11 is 0. The minimum absolute atomic E-state index is 0.0178. The van der Waals surface area contributed by atoms with Crippen LogP contribution in [0.15, 0.2) is 18.2 Å². The van der Waals surface area contributed by atoms with Gasteiger partial charge in [-0.1, -0.05) is 0 Å². The van der Waals surface area contributed by atoms with Crippen molar-refractivity contribution in [3.63, 3.8) is 0 Å². The van der Waals surface area contributed by atoms with Crippen molar-refractivity contribution in [3.05, 3.63) is 18.2 Å². The summed E-state index contributed by atoms with van der Waals surface area (Å²) in [4.78, 5) is 37.8. The summed E-state index contributed by atoms with van der Waals surface area (Å²) in [7, 11) is 1.65. The Kier molecular flexibility index (Phi) is 8.26. The minimum Gasteiger partial charge on any atom is -0.490 e. The van der Waals surface area contributed by atoms with Gasteiger partial charge in [0, 0.05) is 17.8 Å². The van der Waals surface area contributed by atoms with Crippen LogP contribution in [0.3, 0.4) is 0 Å². The number of hydrogen-bond acceptors (Lipinski definition) is 6. The third-order valence-corrected chi connectivity index (χ3v) is 4.41. The zero-order valence-corrected chi connectivity index (χ0v) is 17.4. The van der Waals surface area contributed by atoms with Gasteiger partial charge < -0.3 is 20.1 Å². The molecule has 1 saturated carbocycles. The monoisotopic (exact) mass is 406 g/mol. The quantitative estimate of drug-likeness (QED) is 0.546. The summed E-state index contributed by atoms with van der Waals surface area (Å²) in [6.45, 7) is 6.35. The Labute approximate surface area is 171 Å². The standard InChI is InChI=1S/C20H30N4O5/c1-5-28-16-10-9-15(11-17(16)29-6-2)21-18(25)12-24(4)13(3)19(26)23-20(27)22-14-7-8-14/h9-11,13-14H,5-8,12H2,1-4H3,(H,21,25)(H2,22,23,26,27). The van der Waals surface area contributed by atoms with Gasteiger partial charge in [-0.3, -0.25) is 19.8 Å². The van der Waals surface area contributed by atoms with Crippen LogP contribution in [-0.2, 0) is 9.59 Å². The maximum Gasteiger partial charge on any atom is 0.321 e. The molecule has 9 heteroatoms. The third-order valence-electron chi connectivity index (χ3n) is 4.41. The molecule has 2 rings (SSSR count). The van der Waals surface area contributed by atoms with Gasteiger partial charge in [-0.15, -0.1) is 0 Å². The first kappa shape index (κ1) is 22.5. The van der Waals surface area contributed by atoms with Crippen molar-refractivity contribution >= 4 is 23.5 Å². The van der Waals surface area contributed by atoms with E-state index in [-0.39, 0.29) is 18.5 Å². The van der Waals surface area contributed by atoms with Crippen LogP contribution in [0, 0.1) is 0 Å². The third kappa shape index (κ3) is 7.26. The lowest BCUT2D eigenvalue weighted by Gasteiger charge is -2.23. The van der Waals surface area contributed by atoms with Crippen LogP contribution in [0.5, 0.6) is 11.5 Å². The normalized spacial score (nSPS) is 14.1. The molecular formula is C20H30N4O5. The molecule has 1 aromatic carbocycles. The smallest absolute Gasteiger partial charge is 0.321 e. The van der Waals surface area contributed by atoms with Gasteiger partial charge in [0.1, 0.15) is 0 Å². The van der Waals surface area contributed by atoms with Crippen LogP contribution >= 0.6 is 0 Å². The number of carbonyl (C=O) groups excluding carboxylic acids is 3. The van der Waals surface area contributed by atoms with Crippen LogP contribution < -0.4 is 25.4 Å². The molecule has 0 aromatic heterocycles. The van der Waals surface area contributed by atoms with E-state index in [0.717, 1.165) is 12.8 Å². The van der Waals surface area contributed by atoms with Gasteiger partial charge in [0.25, 0.3) is 0 Å². The molecule has 1 aliphatic rings. The molecule has 0 bridgehead atoms. The molecule has 160 valence electrons. The number of amides is 4. The number of carbonyl (C=O) groups is 3. The van der Waals surface area contributed by atoms with E-state index in [0.29, 0.717) is 30.4 Å². The highest BCUT2D eigenvalue weighted by Gasteiger charge is 2.26. The summed E-state index contributed by atoms with van der Waals surface area (Å²) in [5.74, 6) is 0.411. The van der Waals surface area contributed by atoms with Crippen LogP contribution in [0.4, 0.5) is 10.5 Å². The van der Waals surface area contributed by atoms with Gasteiger partial charge >= 0.3 is 6.03 Å². The number of nitrogens with zero attached hydrogens (tertiary/aromatic N) is 1. The molecule has 0 saturated heterocycles. The predicted octanol–water partition coefficient (Wildman–Crippen LogP) is 1.73. The Morgan fingerprint density at radius 3 is 2.41 bits per heavy atom. The topological polar surface area (TPSA) is 109 Å². The Morgan fingerprint density at radius 1 is 1.14 bits per heavy atom. The van der Waals surface area contributed by atoms with Gasteiger partial charge in [0.05, 0.1) is 25.8 Å². The summed E-state index contributed by atoms with van der Waals surface area (Å²) in [5.41, 5.74) is 0.566. The summed E-state index contributed by atoms with van der Waals surface area (Å²) in [5, 5.41) is 7.77. The van der Waals surface area contributed by atoms with Gasteiger partial charge in [-0.25, -0.2) is 4.79 Å². The molecule has 0 spiro atoms. The number of hydrogen-bond donors (Lipinski definition) is 3. The number of urea groups is 1. The Bertz CT molecular complexity index is 736. The first-order valence-corrected chi connectivity index (χ1v) is 9.85. The van der Waals surface area contributed by atoms with Gasteiger partial charge in [-0.05, 0) is 52.8 Å². The molecule has 1 aliphatic carbocycles. The molecule has 1 atom stereocenters. The van der Waals surface area contributed by atoms with Crippen LogP contribution in [0.2, 0.25) is 0 Å². The lowest BCUT2D eigenvalue weighted by Crippen LogP contribution is -2.50. The summed E-state index contributed by atoms with van der Waals surface area (Å²) in [6, 6.07) is 4.18. The highest BCUT2D eigenvalue weighted by molar-refractivity contribution is 5.97. The molecule has 29 heavy (non-hydrogen) atoms. The first-order valence-electron chi connectivity index (χ1n) is 9.85. The number of anilines is 1. The van der Waals surface area contributed by atoms with E-state index in [2.05, 4.69) is 16.0 Å². The minimum atomic E-state index is -0.648. The average Bonchev–Trinajstić information content (AvgIpc) is 3.47. The van der Waals surface area contributed by atoms with Crippen molar-refractivity contribution in [2.75, 3.05) is 32.1 Å². The first-order chi connectivity index (χ1) is 13.8. The number of imide groups is 1. The molecule has 3 N–H and O–H groups in total. The maximum atomic E-state index is 12.4. The molecule has 1 aromatic rings. The number of benzene rings is 1. The molecule has 9 nitrogen and oxygen atoms in total. The van der Waals surface area contributed by atoms with Crippen LogP contribution in [0.1, 0.15) is 33.6 Å². The maximum absolute atomic E-state index is 12.4. The molecule has 0 radical (unpaired) electrons. The van der Waals surface area contributed by atoms with Crippen molar-refractivity contribution in [1.29, 1.82) is 0 Å². The lowest BCUT2D eigenvalue weighted by molar-refractivity contribution is -0.125. The van der Waals surface area contributed by atoms with E-state index >= 15 is 0 Å². The van der Waals surface area contributed by atoms with Crippen molar-refractivity contribution in [2.45, 2.75) is 45.7 Å². The largest absolute Gasteiger partial charge is 0.490 e.